The summed E-state index contributed by atoms with van der Waals surface area (Å²) in [6.07, 6.45) is 3.06. The number of hydrogen-bond acceptors (Lipinski definition) is 3. The number of carbonyl (C=O) groups is 1. The van der Waals surface area contributed by atoms with Crippen LogP contribution in [0.3, 0.4) is 0 Å². The van der Waals surface area contributed by atoms with E-state index in [4.69, 9.17) is 0 Å². The quantitative estimate of drug-likeness (QED) is 0.436. The number of H-pyrrole nitrogens is 1. The van der Waals surface area contributed by atoms with Gasteiger partial charge in [0.2, 0.25) is 0 Å². The van der Waals surface area contributed by atoms with E-state index in [9.17, 15) is 20.0 Å². The number of rotatable bonds is 4. The SMILES string of the molecule is O=C(O)C(=Cc1cccc([N+](=O)[O-])c1)c1c[nH]c2ccccc12. The number of nitro benzene ring substituents is 1. The Hall–Kier alpha value is -3.41. The van der Waals surface area contributed by atoms with Gasteiger partial charge in [-0.25, -0.2) is 4.79 Å². The van der Waals surface area contributed by atoms with Gasteiger partial charge in [0.05, 0.1) is 10.5 Å². The highest BCUT2D eigenvalue weighted by Gasteiger charge is 2.15. The van der Waals surface area contributed by atoms with Crippen LogP contribution < -0.4 is 0 Å². The smallest absolute Gasteiger partial charge is 0.336 e. The fraction of sp³-hybridized carbons (Fsp3) is 0. The summed E-state index contributed by atoms with van der Waals surface area (Å²) in [6.45, 7) is 0. The highest BCUT2D eigenvalue weighted by atomic mass is 16.6. The maximum Gasteiger partial charge on any atom is 0.336 e. The highest BCUT2D eigenvalue weighted by Crippen LogP contribution is 2.27. The van der Waals surface area contributed by atoms with Gasteiger partial charge in [-0.1, -0.05) is 30.3 Å². The van der Waals surface area contributed by atoms with E-state index in [1.54, 1.807) is 12.3 Å². The number of aromatic nitrogens is 1. The third kappa shape index (κ3) is 2.82. The van der Waals surface area contributed by atoms with Crippen molar-refractivity contribution in [3.8, 4) is 0 Å². The van der Waals surface area contributed by atoms with Crippen molar-refractivity contribution >= 4 is 34.2 Å². The predicted molar refractivity (Wildman–Crippen MR) is 86.9 cm³/mol. The van der Waals surface area contributed by atoms with Gasteiger partial charge in [-0.3, -0.25) is 10.1 Å². The Balaban J connectivity index is 2.14. The number of nitrogens with zero attached hydrogens (tertiary/aromatic N) is 1. The van der Waals surface area contributed by atoms with Crippen LogP contribution in [0.5, 0.6) is 0 Å². The molecular formula is C17H12N2O4. The molecule has 3 aromatic rings. The fourth-order valence-corrected chi connectivity index (χ4v) is 2.44. The maximum atomic E-state index is 11.6. The van der Waals surface area contributed by atoms with Crippen LogP contribution in [-0.2, 0) is 4.79 Å². The number of nitro groups is 1. The topological polar surface area (TPSA) is 96.2 Å². The zero-order chi connectivity index (χ0) is 16.4. The molecule has 23 heavy (non-hydrogen) atoms. The lowest BCUT2D eigenvalue weighted by molar-refractivity contribution is -0.384. The summed E-state index contributed by atoms with van der Waals surface area (Å²) >= 11 is 0. The van der Waals surface area contributed by atoms with E-state index < -0.39 is 10.9 Å². The zero-order valence-corrected chi connectivity index (χ0v) is 11.9. The number of aromatic amines is 1. The third-order valence-corrected chi connectivity index (χ3v) is 3.50. The molecule has 0 bridgehead atoms. The Morgan fingerprint density at radius 1 is 1.17 bits per heavy atom. The van der Waals surface area contributed by atoms with E-state index in [1.165, 1.54) is 24.3 Å². The number of hydrogen-bond donors (Lipinski definition) is 2. The van der Waals surface area contributed by atoms with E-state index in [0.29, 0.717) is 11.1 Å². The molecule has 114 valence electrons. The van der Waals surface area contributed by atoms with Crippen LogP contribution in [-0.4, -0.2) is 21.0 Å². The van der Waals surface area contributed by atoms with Gasteiger partial charge in [0.15, 0.2) is 0 Å². The van der Waals surface area contributed by atoms with Crippen LogP contribution in [0.2, 0.25) is 0 Å². The third-order valence-electron chi connectivity index (χ3n) is 3.50. The normalized spacial score (nSPS) is 11.6. The first-order chi connectivity index (χ1) is 11.1. The largest absolute Gasteiger partial charge is 0.478 e. The molecule has 0 aliphatic carbocycles. The van der Waals surface area contributed by atoms with Gasteiger partial charge in [0.25, 0.3) is 5.69 Å². The van der Waals surface area contributed by atoms with Gasteiger partial charge >= 0.3 is 5.97 Å². The average molecular weight is 308 g/mol. The van der Waals surface area contributed by atoms with Crippen LogP contribution in [0.25, 0.3) is 22.6 Å². The molecule has 1 aromatic heterocycles. The van der Waals surface area contributed by atoms with Crippen molar-refractivity contribution in [2.45, 2.75) is 0 Å². The summed E-state index contributed by atoms with van der Waals surface area (Å²) in [5.74, 6) is -1.10. The molecule has 0 spiro atoms. The molecule has 0 atom stereocenters. The minimum absolute atomic E-state index is 0.0722. The van der Waals surface area contributed by atoms with Gasteiger partial charge in [-0.15, -0.1) is 0 Å². The first-order valence-electron chi connectivity index (χ1n) is 6.82. The van der Waals surface area contributed by atoms with E-state index in [1.807, 2.05) is 24.3 Å². The summed E-state index contributed by atoms with van der Waals surface area (Å²) in [7, 11) is 0. The molecule has 2 N–H and O–H groups in total. The molecule has 6 nitrogen and oxygen atoms in total. The van der Waals surface area contributed by atoms with Crippen LogP contribution in [0, 0.1) is 10.1 Å². The van der Waals surface area contributed by atoms with Crippen molar-refractivity contribution in [3.63, 3.8) is 0 Å². The monoisotopic (exact) mass is 308 g/mol. The number of carboxylic acid groups (broad SMARTS) is 1. The lowest BCUT2D eigenvalue weighted by Gasteiger charge is -2.02. The number of benzene rings is 2. The Morgan fingerprint density at radius 3 is 2.70 bits per heavy atom. The average Bonchev–Trinajstić information content (AvgIpc) is 2.96. The first-order valence-corrected chi connectivity index (χ1v) is 6.82. The van der Waals surface area contributed by atoms with Crippen molar-refractivity contribution in [1.29, 1.82) is 0 Å². The second kappa shape index (κ2) is 5.76. The molecule has 0 aliphatic heterocycles. The van der Waals surface area contributed by atoms with E-state index in [2.05, 4.69) is 4.98 Å². The number of para-hydroxylation sites is 1. The molecule has 0 saturated carbocycles. The number of non-ortho nitro benzene ring substituents is 1. The van der Waals surface area contributed by atoms with Gasteiger partial charge in [-0.05, 0) is 17.7 Å². The number of aliphatic carboxylic acids is 1. The van der Waals surface area contributed by atoms with E-state index in [-0.39, 0.29) is 11.3 Å². The standard InChI is InChI=1S/C17H12N2O4/c20-17(21)14(9-11-4-3-5-12(8-11)19(22)23)15-10-18-16-7-2-1-6-13(15)16/h1-10,18H,(H,20,21). The molecule has 1 heterocycles. The summed E-state index contributed by atoms with van der Waals surface area (Å²) < 4.78 is 0. The predicted octanol–water partition coefficient (Wildman–Crippen LogP) is 3.70. The Morgan fingerprint density at radius 2 is 1.96 bits per heavy atom. The zero-order valence-electron chi connectivity index (χ0n) is 11.9. The van der Waals surface area contributed by atoms with Gasteiger partial charge in [0, 0.05) is 34.8 Å². The summed E-state index contributed by atoms with van der Waals surface area (Å²) in [4.78, 5) is 25.0. The molecule has 0 fully saturated rings. The molecule has 2 aromatic carbocycles. The molecule has 0 aliphatic rings. The Labute approximate surface area is 130 Å². The van der Waals surface area contributed by atoms with Gasteiger partial charge < -0.3 is 10.1 Å². The van der Waals surface area contributed by atoms with Crippen molar-refractivity contribution in [2.24, 2.45) is 0 Å². The minimum Gasteiger partial charge on any atom is -0.478 e. The van der Waals surface area contributed by atoms with Crippen LogP contribution in [0.15, 0.2) is 54.7 Å². The van der Waals surface area contributed by atoms with Gasteiger partial charge in [0.1, 0.15) is 0 Å². The molecule has 0 radical (unpaired) electrons. The van der Waals surface area contributed by atoms with Crippen molar-refractivity contribution < 1.29 is 14.8 Å². The summed E-state index contributed by atoms with van der Waals surface area (Å²) in [5.41, 5.74) is 1.82. The molecule has 0 unspecified atom stereocenters. The summed E-state index contributed by atoms with van der Waals surface area (Å²) in [6, 6.07) is 13.2. The Bertz CT molecular complexity index is 940. The second-order valence-corrected chi connectivity index (χ2v) is 4.96. The first kappa shape index (κ1) is 14.5. The van der Waals surface area contributed by atoms with Crippen molar-refractivity contribution in [2.75, 3.05) is 0 Å². The van der Waals surface area contributed by atoms with Crippen LogP contribution in [0.4, 0.5) is 5.69 Å². The number of fused-ring (bicyclic) bond motifs is 1. The molecule has 0 saturated heterocycles. The number of nitrogens with one attached hydrogen (secondary N) is 1. The maximum absolute atomic E-state index is 11.6. The molecular weight excluding hydrogens is 296 g/mol. The highest BCUT2D eigenvalue weighted by molar-refractivity contribution is 6.23. The number of carboxylic acids is 1. The van der Waals surface area contributed by atoms with Crippen LogP contribution in [0.1, 0.15) is 11.1 Å². The lowest BCUT2D eigenvalue weighted by Crippen LogP contribution is -1.99. The van der Waals surface area contributed by atoms with E-state index in [0.717, 1.165) is 10.9 Å². The van der Waals surface area contributed by atoms with Gasteiger partial charge in [-0.2, -0.15) is 0 Å². The molecule has 3 rings (SSSR count). The van der Waals surface area contributed by atoms with Crippen molar-refractivity contribution in [1.82, 2.24) is 4.98 Å². The molecule has 0 amide bonds. The second-order valence-electron chi connectivity index (χ2n) is 4.96. The Kier molecular flexibility index (Phi) is 3.64. The van der Waals surface area contributed by atoms with E-state index >= 15 is 0 Å². The van der Waals surface area contributed by atoms with Crippen LogP contribution >= 0.6 is 0 Å². The van der Waals surface area contributed by atoms with Crippen molar-refractivity contribution in [3.05, 3.63) is 76.0 Å². The minimum atomic E-state index is -1.10. The summed E-state index contributed by atoms with van der Waals surface area (Å²) in [5, 5.41) is 21.2. The fourth-order valence-electron chi connectivity index (χ4n) is 2.44. The lowest BCUT2D eigenvalue weighted by atomic mass is 10.0. The molecule has 6 heteroatoms.